The summed E-state index contributed by atoms with van der Waals surface area (Å²) in [5.74, 6) is -1.04. The molecule has 4 aromatic rings. The van der Waals surface area contributed by atoms with Crippen LogP contribution in [-0.2, 0) is 16.1 Å². The molecule has 1 fully saturated rings. The highest BCUT2D eigenvalue weighted by atomic mass is 79.9. The maximum Gasteiger partial charge on any atom is 0.247 e. The minimum absolute atomic E-state index is 0.0898. The molecular formula is C26H22BrFN6O3. The summed E-state index contributed by atoms with van der Waals surface area (Å²) < 4.78 is 16.7. The molecule has 9 nitrogen and oxygen atoms in total. The third-order valence-corrected chi connectivity index (χ3v) is 6.76. The molecule has 0 radical (unpaired) electrons. The van der Waals surface area contributed by atoms with Crippen molar-refractivity contribution in [1.82, 2.24) is 24.6 Å². The molecule has 1 aliphatic heterocycles. The number of benzene rings is 1. The molecule has 188 valence electrons. The van der Waals surface area contributed by atoms with Gasteiger partial charge in [0.05, 0.1) is 30.8 Å². The Labute approximate surface area is 219 Å². The maximum absolute atomic E-state index is 14.4. The lowest BCUT2D eigenvalue weighted by atomic mass is 10.0. The number of halogens is 2. The van der Waals surface area contributed by atoms with E-state index in [-0.39, 0.29) is 25.3 Å². The first-order valence-corrected chi connectivity index (χ1v) is 12.4. The number of Topliss-reactive ketones (excluding diaryl/α,β-unsaturated/α-hetero) is 1. The number of anilines is 1. The number of hydrogen-bond acceptors (Lipinski definition) is 6. The van der Waals surface area contributed by atoms with E-state index in [9.17, 15) is 18.8 Å². The molecule has 4 heterocycles. The van der Waals surface area contributed by atoms with Gasteiger partial charge in [0, 0.05) is 45.3 Å². The van der Waals surface area contributed by atoms with Gasteiger partial charge in [-0.2, -0.15) is 10.2 Å². The van der Waals surface area contributed by atoms with E-state index >= 15 is 0 Å². The number of aromatic nitrogens is 4. The Morgan fingerprint density at radius 2 is 1.95 bits per heavy atom. The number of nitrogens with one attached hydrogen (secondary N) is 1. The first-order valence-electron chi connectivity index (χ1n) is 11.6. The molecule has 1 N–H and O–H groups in total. The van der Waals surface area contributed by atoms with Gasteiger partial charge in [0.2, 0.25) is 11.8 Å². The number of rotatable bonds is 6. The van der Waals surface area contributed by atoms with Crippen molar-refractivity contribution in [1.29, 1.82) is 0 Å². The van der Waals surface area contributed by atoms with Gasteiger partial charge < -0.3 is 14.8 Å². The molecular weight excluding hydrogens is 543 g/mol. The monoisotopic (exact) mass is 564 g/mol. The van der Waals surface area contributed by atoms with Crippen molar-refractivity contribution in [2.24, 2.45) is 0 Å². The second kappa shape index (κ2) is 10.2. The van der Waals surface area contributed by atoms with Crippen LogP contribution >= 0.6 is 15.9 Å². The second-order valence-electron chi connectivity index (χ2n) is 8.87. The third kappa shape index (κ3) is 5.12. The standard InChI is InChI=1S/C26H22BrFN6O3/c1-15(35)22-13-33(23-3-2-16(6-21(22)23)17-4-5-30-31-9-17)14-25(36)34-12-19(28)8-24(34)26(37)32-20-7-18(27)10-29-11-20/h2-7,9-11,13,19,24H,8,12,14H2,1H3,(H,32,37). The molecule has 0 spiro atoms. The zero-order valence-electron chi connectivity index (χ0n) is 19.8. The predicted molar refractivity (Wildman–Crippen MR) is 139 cm³/mol. The summed E-state index contributed by atoms with van der Waals surface area (Å²) in [5.41, 5.74) is 3.29. The van der Waals surface area contributed by atoms with E-state index in [1.54, 1.807) is 35.4 Å². The Bertz CT molecular complexity index is 1510. The van der Waals surface area contributed by atoms with Gasteiger partial charge in [-0.15, -0.1) is 0 Å². The Morgan fingerprint density at radius 1 is 1.11 bits per heavy atom. The van der Waals surface area contributed by atoms with Crippen molar-refractivity contribution in [3.63, 3.8) is 0 Å². The molecule has 1 aliphatic rings. The predicted octanol–water partition coefficient (Wildman–Crippen LogP) is 4.04. The van der Waals surface area contributed by atoms with E-state index in [1.165, 1.54) is 18.0 Å². The molecule has 1 saturated heterocycles. The highest BCUT2D eigenvalue weighted by Crippen LogP contribution is 2.29. The van der Waals surface area contributed by atoms with Gasteiger partial charge in [0.1, 0.15) is 18.8 Å². The molecule has 0 bridgehead atoms. The normalized spacial score (nSPS) is 17.2. The third-order valence-electron chi connectivity index (χ3n) is 6.33. The van der Waals surface area contributed by atoms with E-state index < -0.39 is 24.0 Å². The summed E-state index contributed by atoms with van der Waals surface area (Å²) >= 11 is 3.30. The number of alkyl halides is 1. The minimum Gasteiger partial charge on any atom is -0.337 e. The van der Waals surface area contributed by atoms with E-state index in [0.29, 0.717) is 26.6 Å². The molecule has 37 heavy (non-hydrogen) atoms. The van der Waals surface area contributed by atoms with E-state index in [0.717, 1.165) is 11.1 Å². The van der Waals surface area contributed by atoms with Crippen LogP contribution in [0.25, 0.3) is 22.0 Å². The zero-order chi connectivity index (χ0) is 26.1. The largest absolute Gasteiger partial charge is 0.337 e. The Hall–Kier alpha value is -3.99. The number of ketones is 1. The highest BCUT2D eigenvalue weighted by Gasteiger charge is 2.40. The second-order valence-corrected chi connectivity index (χ2v) is 9.78. The number of pyridine rings is 1. The topological polar surface area (TPSA) is 110 Å². The van der Waals surface area contributed by atoms with Crippen molar-refractivity contribution >= 4 is 50.1 Å². The average molecular weight is 565 g/mol. The quantitative estimate of drug-likeness (QED) is 0.354. The maximum atomic E-state index is 14.4. The minimum atomic E-state index is -1.31. The SMILES string of the molecule is CC(=O)c1cn(CC(=O)N2CC(F)CC2C(=O)Nc2cncc(Br)c2)c2ccc(-c3ccnnc3)cc12. The summed E-state index contributed by atoms with van der Waals surface area (Å²) in [5, 5.41) is 11.1. The summed E-state index contributed by atoms with van der Waals surface area (Å²) in [6.07, 6.45) is 6.49. The summed E-state index contributed by atoms with van der Waals surface area (Å²) in [7, 11) is 0. The van der Waals surface area contributed by atoms with Crippen LogP contribution in [0.3, 0.4) is 0 Å². The Balaban J connectivity index is 1.41. The molecule has 0 saturated carbocycles. The number of nitrogens with zero attached hydrogens (tertiary/aromatic N) is 5. The number of carbonyl (C=O) groups excluding carboxylic acids is 3. The lowest BCUT2D eigenvalue weighted by molar-refractivity contribution is -0.137. The molecule has 1 aromatic carbocycles. The lowest BCUT2D eigenvalue weighted by Gasteiger charge is -2.24. The lowest BCUT2D eigenvalue weighted by Crippen LogP contribution is -2.44. The van der Waals surface area contributed by atoms with Crippen molar-refractivity contribution in [3.8, 4) is 11.1 Å². The van der Waals surface area contributed by atoms with Gasteiger partial charge in [-0.25, -0.2) is 4.39 Å². The van der Waals surface area contributed by atoms with Crippen LogP contribution in [0.5, 0.6) is 0 Å². The molecule has 3 aromatic heterocycles. The van der Waals surface area contributed by atoms with Gasteiger partial charge in [-0.05, 0) is 52.7 Å². The van der Waals surface area contributed by atoms with Gasteiger partial charge in [0.15, 0.2) is 5.78 Å². The van der Waals surface area contributed by atoms with Crippen LogP contribution in [0.2, 0.25) is 0 Å². The molecule has 0 aliphatic carbocycles. The van der Waals surface area contributed by atoms with E-state index in [4.69, 9.17) is 0 Å². The Morgan fingerprint density at radius 3 is 2.68 bits per heavy atom. The highest BCUT2D eigenvalue weighted by molar-refractivity contribution is 9.10. The van der Waals surface area contributed by atoms with Gasteiger partial charge in [0.25, 0.3) is 0 Å². The zero-order valence-corrected chi connectivity index (χ0v) is 21.4. The molecule has 5 rings (SSSR count). The molecule has 11 heteroatoms. The van der Waals surface area contributed by atoms with Crippen molar-refractivity contribution in [2.75, 3.05) is 11.9 Å². The van der Waals surface area contributed by atoms with E-state index in [2.05, 4.69) is 36.4 Å². The molecule has 2 amide bonds. The van der Waals surface area contributed by atoms with Crippen molar-refractivity contribution < 1.29 is 18.8 Å². The fourth-order valence-corrected chi connectivity index (χ4v) is 4.97. The van der Waals surface area contributed by atoms with Crippen LogP contribution in [0.4, 0.5) is 10.1 Å². The van der Waals surface area contributed by atoms with Crippen LogP contribution in [0, 0.1) is 0 Å². The Kier molecular flexibility index (Phi) is 6.79. The van der Waals surface area contributed by atoms with Crippen molar-refractivity contribution in [2.45, 2.75) is 32.1 Å². The van der Waals surface area contributed by atoms with Crippen molar-refractivity contribution in [3.05, 3.63) is 71.4 Å². The van der Waals surface area contributed by atoms with Crippen LogP contribution < -0.4 is 5.32 Å². The van der Waals surface area contributed by atoms with Crippen LogP contribution in [0.15, 0.2) is 65.8 Å². The summed E-state index contributed by atoms with van der Waals surface area (Å²) in [6.45, 7) is 1.15. The number of likely N-dealkylation sites (tertiary alicyclic amines) is 1. The van der Waals surface area contributed by atoms with Gasteiger partial charge in [-0.1, -0.05) is 6.07 Å². The fourth-order valence-electron chi connectivity index (χ4n) is 4.60. The van der Waals surface area contributed by atoms with Gasteiger partial charge in [-0.3, -0.25) is 19.4 Å². The van der Waals surface area contributed by atoms with E-state index in [1.807, 2.05) is 24.3 Å². The number of amides is 2. The number of fused-ring (bicyclic) bond motifs is 1. The first kappa shape index (κ1) is 24.7. The molecule has 2 atom stereocenters. The summed E-state index contributed by atoms with van der Waals surface area (Å²) in [4.78, 5) is 43.9. The smallest absolute Gasteiger partial charge is 0.247 e. The molecule has 2 unspecified atom stereocenters. The van der Waals surface area contributed by atoms with Crippen LogP contribution in [-0.4, -0.2) is 61.0 Å². The number of carbonyl (C=O) groups is 3. The first-order chi connectivity index (χ1) is 17.8. The average Bonchev–Trinajstić information content (AvgIpc) is 3.45. The fraction of sp³-hybridized carbons (Fsp3) is 0.231. The van der Waals surface area contributed by atoms with Crippen LogP contribution in [0.1, 0.15) is 23.7 Å². The number of hydrogen-bond donors (Lipinski definition) is 1. The van der Waals surface area contributed by atoms with Gasteiger partial charge >= 0.3 is 0 Å². The summed E-state index contributed by atoms with van der Waals surface area (Å²) in [6, 6.07) is 8.11.